The van der Waals surface area contributed by atoms with Crippen molar-refractivity contribution in [3.63, 3.8) is 0 Å². The maximum atomic E-state index is 12.1. The van der Waals surface area contributed by atoms with Gasteiger partial charge in [-0.25, -0.2) is 4.79 Å². The van der Waals surface area contributed by atoms with E-state index >= 15 is 0 Å². The summed E-state index contributed by atoms with van der Waals surface area (Å²) < 4.78 is 5.67. The Bertz CT molecular complexity index is 690. The number of amides is 1. The Hall–Kier alpha value is -2.13. The number of para-hydroxylation sites is 1. The number of nitrogens with one attached hydrogen (secondary N) is 2. The predicted molar refractivity (Wildman–Crippen MR) is 91.2 cm³/mol. The average molecular weight is 352 g/mol. The molecule has 122 valence electrons. The van der Waals surface area contributed by atoms with E-state index < -0.39 is 5.97 Å². The van der Waals surface area contributed by atoms with E-state index in [1.165, 1.54) is 23.1 Å². The van der Waals surface area contributed by atoms with Crippen LogP contribution >= 0.6 is 23.1 Å². The van der Waals surface area contributed by atoms with Gasteiger partial charge in [0.2, 0.25) is 11.0 Å². The van der Waals surface area contributed by atoms with Crippen LogP contribution in [0.2, 0.25) is 0 Å². The minimum absolute atomic E-state index is 0.176. The van der Waals surface area contributed by atoms with Gasteiger partial charge in [0.05, 0.1) is 23.6 Å². The van der Waals surface area contributed by atoms with Crippen LogP contribution in [0, 0.1) is 0 Å². The molecule has 0 atom stereocenters. The molecule has 0 aliphatic carbocycles. The van der Waals surface area contributed by atoms with Crippen LogP contribution < -0.4 is 10.6 Å². The van der Waals surface area contributed by atoms with Gasteiger partial charge in [-0.3, -0.25) is 4.79 Å². The van der Waals surface area contributed by atoms with Crippen LogP contribution in [-0.4, -0.2) is 41.5 Å². The molecule has 0 saturated heterocycles. The van der Waals surface area contributed by atoms with E-state index in [2.05, 4.69) is 20.8 Å². The summed E-state index contributed by atoms with van der Waals surface area (Å²) in [6.45, 7) is 2.01. The third-order valence-corrected chi connectivity index (χ3v) is 4.72. The number of thioether (sulfide) groups is 1. The summed E-state index contributed by atoms with van der Waals surface area (Å²) in [6, 6.07) is 6.75. The van der Waals surface area contributed by atoms with E-state index in [0.29, 0.717) is 20.7 Å². The summed E-state index contributed by atoms with van der Waals surface area (Å²) >= 11 is 2.66. The van der Waals surface area contributed by atoms with Crippen molar-refractivity contribution >= 4 is 45.8 Å². The first kappa shape index (κ1) is 17.2. The highest BCUT2D eigenvalue weighted by atomic mass is 32.2. The SMILES string of the molecule is CCOC(=O)c1ccccc1NC(=O)CSc1nnc(NC)s1. The molecule has 0 spiro atoms. The summed E-state index contributed by atoms with van der Waals surface area (Å²) in [7, 11) is 1.76. The van der Waals surface area contributed by atoms with Gasteiger partial charge in [-0.15, -0.1) is 10.2 Å². The highest BCUT2D eigenvalue weighted by Gasteiger charge is 2.14. The minimum atomic E-state index is -0.459. The molecule has 0 aliphatic heterocycles. The zero-order valence-corrected chi connectivity index (χ0v) is 14.3. The van der Waals surface area contributed by atoms with E-state index in [9.17, 15) is 9.59 Å². The molecule has 1 amide bonds. The quantitative estimate of drug-likeness (QED) is 0.584. The van der Waals surface area contributed by atoms with Crippen LogP contribution in [0.25, 0.3) is 0 Å². The summed E-state index contributed by atoms with van der Waals surface area (Å²) in [6.07, 6.45) is 0. The van der Waals surface area contributed by atoms with Gasteiger partial charge in [0.1, 0.15) is 0 Å². The Morgan fingerprint density at radius 2 is 2.09 bits per heavy atom. The lowest BCUT2D eigenvalue weighted by atomic mass is 10.2. The summed E-state index contributed by atoms with van der Waals surface area (Å²) in [5.41, 5.74) is 0.769. The highest BCUT2D eigenvalue weighted by Crippen LogP contribution is 2.25. The Labute approximate surface area is 141 Å². The summed E-state index contributed by atoms with van der Waals surface area (Å²) in [5.74, 6) is -0.512. The van der Waals surface area contributed by atoms with Gasteiger partial charge in [0, 0.05) is 7.05 Å². The van der Waals surface area contributed by atoms with Gasteiger partial charge < -0.3 is 15.4 Å². The number of hydrogen-bond donors (Lipinski definition) is 2. The van der Waals surface area contributed by atoms with Crippen molar-refractivity contribution in [1.29, 1.82) is 0 Å². The highest BCUT2D eigenvalue weighted by molar-refractivity contribution is 8.01. The molecule has 1 aromatic carbocycles. The van der Waals surface area contributed by atoms with Gasteiger partial charge in [0.15, 0.2) is 4.34 Å². The molecule has 2 aromatic rings. The maximum Gasteiger partial charge on any atom is 0.340 e. The Morgan fingerprint density at radius 3 is 2.78 bits per heavy atom. The van der Waals surface area contributed by atoms with Crippen molar-refractivity contribution in [2.45, 2.75) is 11.3 Å². The van der Waals surface area contributed by atoms with Crippen molar-refractivity contribution < 1.29 is 14.3 Å². The Kier molecular flexibility index (Phi) is 6.36. The summed E-state index contributed by atoms with van der Waals surface area (Å²) in [5, 5.41) is 14.2. The van der Waals surface area contributed by atoms with Gasteiger partial charge in [-0.1, -0.05) is 35.2 Å². The van der Waals surface area contributed by atoms with Crippen LogP contribution in [0.15, 0.2) is 28.6 Å². The van der Waals surface area contributed by atoms with Crippen LogP contribution in [0.5, 0.6) is 0 Å². The number of nitrogens with zero attached hydrogens (tertiary/aromatic N) is 2. The van der Waals surface area contributed by atoms with E-state index in [1.54, 1.807) is 38.2 Å². The fourth-order valence-electron chi connectivity index (χ4n) is 1.66. The van der Waals surface area contributed by atoms with Crippen LogP contribution in [0.4, 0.5) is 10.8 Å². The molecule has 0 bridgehead atoms. The van der Waals surface area contributed by atoms with E-state index in [-0.39, 0.29) is 18.3 Å². The van der Waals surface area contributed by atoms with Gasteiger partial charge in [0.25, 0.3) is 0 Å². The minimum Gasteiger partial charge on any atom is -0.462 e. The molecule has 0 saturated carbocycles. The molecule has 0 unspecified atom stereocenters. The topological polar surface area (TPSA) is 93.2 Å². The standard InChI is InChI=1S/C14H16N4O3S2/c1-3-21-12(20)9-6-4-5-7-10(9)16-11(19)8-22-14-18-17-13(15-2)23-14/h4-7H,3,8H2,1-2H3,(H,15,17)(H,16,19). The van der Waals surface area contributed by atoms with Crippen LogP contribution in [0.3, 0.4) is 0 Å². The number of anilines is 2. The molecule has 0 radical (unpaired) electrons. The van der Waals surface area contributed by atoms with Crippen molar-refractivity contribution in [3.8, 4) is 0 Å². The van der Waals surface area contributed by atoms with Gasteiger partial charge in [-0.2, -0.15) is 0 Å². The lowest BCUT2D eigenvalue weighted by molar-refractivity contribution is -0.113. The second kappa shape index (κ2) is 8.49. The Balaban J connectivity index is 1.96. The molecular weight excluding hydrogens is 336 g/mol. The number of aromatic nitrogens is 2. The average Bonchev–Trinajstić information content (AvgIpc) is 3.02. The second-order valence-electron chi connectivity index (χ2n) is 4.23. The van der Waals surface area contributed by atoms with Crippen molar-refractivity contribution in [3.05, 3.63) is 29.8 Å². The fraction of sp³-hybridized carbons (Fsp3) is 0.286. The first-order chi connectivity index (χ1) is 11.1. The van der Waals surface area contributed by atoms with Gasteiger partial charge >= 0.3 is 5.97 Å². The van der Waals surface area contributed by atoms with Gasteiger partial charge in [-0.05, 0) is 19.1 Å². The molecule has 1 aromatic heterocycles. The summed E-state index contributed by atoms with van der Waals surface area (Å²) in [4.78, 5) is 23.9. The third-order valence-electron chi connectivity index (χ3n) is 2.64. The lowest BCUT2D eigenvalue weighted by Gasteiger charge is -2.09. The van der Waals surface area contributed by atoms with Crippen molar-refractivity contribution in [2.24, 2.45) is 0 Å². The lowest BCUT2D eigenvalue weighted by Crippen LogP contribution is -2.17. The van der Waals surface area contributed by atoms with E-state index in [4.69, 9.17) is 4.74 Å². The molecule has 2 rings (SSSR count). The molecule has 0 fully saturated rings. The molecule has 0 aliphatic rings. The molecule has 2 N–H and O–H groups in total. The van der Waals surface area contributed by atoms with Crippen molar-refractivity contribution in [2.75, 3.05) is 30.0 Å². The molecular formula is C14H16N4O3S2. The zero-order valence-electron chi connectivity index (χ0n) is 12.7. The zero-order chi connectivity index (χ0) is 16.7. The van der Waals surface area contributed by atoms with Crippen LogP contribution in [-0.2, 0) is 9.53 Å². The molecule has 7 nitrogen and oxygen atoms in total. The predicted octanol–water partition coefficient (Wildman–Crippen LogP) is 2.49. The van der Waals surface area contributed by atoms with Crippen molar-refractivity contribution in [1.82, 2.24) is 10.2 Å². The number of carbonyl (C=O) groups excluding carboxylic acids is 2. The first-order valence-corrected chi connectivity index (χ1v) is 8.64. The molecule has 23 heavy (non-hydrogen) atoms. The number of carbonyl (C=O) groups is 2. The Morgan fingerprint density at radius 1 is 1.30 bits per heavy atom. The molecule has 9 heteroatoms. The van der Waals surface area contributed by atoms with Crippen LogP contribution in [0.1, 0.15) is 17.3 Å². The first-order valence-electron chi connectivity index (χ1n) is 6.84. The van der Waals surface area contributed by atoms with E-state index in [1.807, 2.05) is 0 Å². The number of benzene rings is 1. The number of hydrogen-bond acceptors (Lipinski definition) is 8. The monoisotopic (exact) mass is 352 g/mol. The molecule has 1 heterocycles. The number of ether oxygens (including phenoxy) is 1. The largest absolute Gasteiger partial charge is 0.462 e. The number of rotatable bonds is 7. The number of esters is 1. The normalized spacial score (nSPS) is 10.2. The van der Waals surface area contributed by atoms with E-state index in [0.717, 1.165) is 0 Å². The fourth-order valence-corrected chi connectivity index (χ4v) is 3.17. The smallest absolute Gasteiger partial charge is 0.340 e. The third kappa shape index (κ3) is 4.93. The second-order valence-corrected chi connectivity index (χ2v) is 6.43. The maximum absolute atomic E-state index is 12.1.